The Kier molecular flexibility index (Phi) is 4.04. The minimum atomic E-state index is -0.714. The van der Waals surface area contributed by atoms with Gasteiger partial charge in [-0.2, -0.15) is 0 Å². The van der Waals surface area contributed by atoms with Gasteiger partial charge in [0.2, 0.25) is 5.78 Å². The first-order chi connectivity index (χ1) is 7.65. The topological polar surface area (TPSA) is 72.2 Å². The molecule has 0 saturated carbocycles. The molecule has 0 bridgehead atoms. The number of para-hydroxylation sites is 1. The number of carbonyl (C=O) groups is 1. The third-order valence-electron chi connectivity index (χ3n) is 1.88. The number of nitrogens with zero attached hydrogens (tertiary/aromatic N) is 1. The molecule has 0 spiro atoms. The van der Waals surface area contributed by atoms with Gasteiger partial charge in [0.1, 0.15) is 0 Å². The standard InChI is InChI=1S/C11H10N2O3/c1-2-7-12-10-6-4-3-5-9(10)11(14)8-13(15)16/h1,3-6,12H,7-8H2. The van der Waals surface area contributed by atoms with Crippen LogP contribution in [-0.2, 0) is 0 Å². The van der Waals surface area contributed by atoms with E-state index in [2.05, 4.69) is 11.2 Å². The average molecular weight is 218 g/mol. The van der Waals surface area contributed by atoms with E-state index in [-0.39, 0.29) is 12.1 Å². The Morgan fingerprint density at radius 2 is 2.19 bits per heavy atom. The SMILES string of the molecule is C#CCNc1ccccc1C(=O)C[N+](=O)[O-]. The van der Waals surface area contributed by atoms with Crippen LogP contribution in [0.1, 0.15) is 10.4 Å². The number of nitrogens with one attached hydrogen (secondary N) is 1. The Labute approximate surface area is 92.6 Å². The first-order valence-corrected chi connectivity index (χ1v) is 4.56. The van der Waals surface area contributed by atoms with Crippen LogP contribution in [-0.4, -0.2) is 23.8 Å². The van der Waals surface area contributed by atoms with Crippen molar-refractivity contribution in [1.29, 1.82) is 0 Å². The molecule has 0 aromatic heterocycles. The molecule has 5 nitrogen and oxygen atoms in total. The number of Topliss-reactive ketones (excluding diaryl/α,β-unsaturated/α-hetero) is 1. The van der Waals surface area contributed by atoms with Gasteiger partial charge in [-0.15, -0.1) is 6.42 Å². The Bertz CT molecular complexity index is 449. The Hall–Kier alpha value is -2.35. The predicted octanol–water partition coefficient (Wildman–Crippen LogP) is 1.19. The summed E-state index contributed by atoms with van der Waals surface area (Å²) in [6.07, 6.45) is 5.08. The number of nitro groups is 1. The number of anilines is 1. The molecular formula is C11H10N2O3. The maximum atomic E-state index is 11.5. The fraction of sp³-hybridized carbons (Fsp3) is 0.182. The van der Waals surface area contributed by atoms with Crippen LogP contribution in [0, 0.1) is 22.5 Å². The quantitative estimate of drug-likeness (QED) is 0.349. The van der Waals surface area contributed by atoms with E-state index in [0.717, 1.165) is 0 Å². The molecule has 0 fully saturated rings. The lowest BCUT2D eigenvalue weighted by Gasteiger charge is -2.07. The summed E-state index contributed by atoms with van der Waals surface area (Å²) in [5.41, 5.74) is 0.807. The van der Waals surface area contributed by atoms with Gasteiger partial charge in [0.25, 0.3) is 6.54 Å². The summed E-state index contributed by atoms with van der Waals surface area (Å²) in [6, 6.07) is 6.56. The molecule has 1 aromatic carbocycles. The van der Waals surface area contributed by atoms with Gasteiger partial charge in [0.05, 0.1) is 6.54 Å². The Morgan fingerprint density at radius 1 is 1.50 bits per heavy atom. The van der Waals surface area contributed by atoms with Crippen molar-refractivity contribution in [2.24, 2.45) is 0 Å². The van der Waals surface area contributed by atoms with E-state index >= 15 is 0 Å². The molecule has 0 radical (unpaired) electrons. The number of hydrogen-bond donors (Lipinski definition) is 1. The highest BCUT2D eigenvalue weighted by atomic mass is 16.6. The van der Waals surface area contributed by atoms with E-state index in [1.807, 2.05) is 0 Å². The fourth-order valence-electron chi connectivity index (χ4n) is 1.23. The van der Waals surface area contributed by atoms with Gasteiger partial charge in [0.15, 0.2) is 0 Å². The van der Waals surface area contributed by atoms with Gasteiger partial charge in [-0.3, -0.25) is 14.9 Å². The Morgan fingerprint density at radius 3 is 2.81 bits per heavy atom. The smallest absolute Gasteiger partial charge is 0.265 e. The zero-order valence-corrected chi connectivity index (χ0v) is 8.47. The fourth-order valence-corrected chi connectivity index (χ4v) is 1.23. The van der Waals surface area contributed by atoms with Crippen LogP contribution in [0.25, 0.3) is 0 Å². The van der Waals surface area contributed by atoms with Crippen molar-refractivity contribution in [3.05, 3.63) is 39.9 Å². The van der Waals surface area contributed by atoms with Crippen LogP contribution in [0.3, 0.4) is 0 Å². The maximum Gasteiger partial charge on any atom is 0.265 e. The molecule has 0 saturated heterocycles. The van der Waals surface area contributed by atoms with Crippen molar-refractivity contribution in [2.45, 2.75) is 0 Å². The summed E-state index contributed by atoms with van der Waals surface area (Å²) in [4.78, 5) is 21.1. The molecule has 1 aromatic rings. The zero-order valence-electron chi connectivity index (χ0n) is 8.47. The molecule has 0 aliphatic carbocycles. The van der Waals surface area contributed by atoms with Gasteiger partial charge in [-0.05, 0) is 12.1 Å². The third kappa shape index (κ3) is 3.10. The van der Waals surface area contributed by atoms with Gasteiger partial charge in [-0.1, -0.05) is 18.1 Å². The molecule has 0 atom stereocenters. The van der Waals surface area contributed by atoms with Gasteiger partial charge in [-0.25, -0.2) is 0 Å². The molecule has 0 unspecified atom stereocenters. The summed E-state index contributed by atoms with van der Waals surface area (Å²) >= 11 is 0. The molecule has 0 aliphatic rings. The van der Waals surface area contributed by atoms with Crippen LogP contribution in [0.5, 0.6) is 0 Å². The lowest BCUT2D eigenvalue weighted by molar-refractivity contribution is -0.465. The summed E-state index contributed by atoms with van der Waals surface area (Å²) in [5, 5.41) is 13.1. The zero-order chi connectivity index (χ0) is 12.0. The van der Waals surface area contributed by atoms with Crippen LogP contribution in [0.2, 0.25) is 0 Å². The molecule has 0 amide bonds. The highest BCUT2D eigenvalue weighted by Crippen LogP contribution is 2.15. The van der Waals surface area contributed by atoms with E-state index in [1.165, 1.54) is 6.07 Å². The minimum absolute atomic E-state index is 0.267. The van der Waals surface area contributed by atoms with Crippen molar-refractivity contribution in [1.82, 2.24) is 0 Å². The van der Waals surface area contributed by atoms with E-state index in [4.69, 9.17) is 6.42 Å². The van der Waals surface area contributed by atoms with Crippen molar-refractivity contribution in [3.8, 4) is 12.3 Å². The summed E-state index contributed by atoms with van der Waals surface area (Å²) < 4.78 is 0. The number of ketones is 1. The number of terminal acetylenes is 1. The van der Waals surface area contributed by atoms with Crippen molar-refractivity contribution in [2.75, 3.05) is 18.4 Å². The first kappa shape index (κ1) is 11.7. The van der Waals surface area contributed by atoms with Crippen LogP contribution < -0.4 is 5.32 Å². The van der Waals surface area contributed by atoms with E-state index in [0.29, 0.717) is 5.69 Å². The van der Waals surface area contributed by atoms with Gasteiger partial charge < -0.3 is 5.32 Å². The van der Waals surface area contributed by atoms with Crippen LogP contribution in [0.4, 0.5) is 5.69 Å². The van der Waals surface area contributed by atoms with Crippen LogP contribution >= 0.6 is 0 Å². The second kappa shape index (κ2) is 5.51. The molecule has 1 rings (SSSR count). The lowest BCUT2D eigenvalue weighted by atomic mass is 10.1. The predicted molar refractivity (Wildman–Crippen MR) is 60.0 cm³/mol. The highest BCUT2D eigenvalue weighted by Gasteiger charge is 2.15. The van der Waals surface area contributed by atoms with E-state index in [9.17, 15) is 14.9 Å². The molecule has 0 heterocycles. The van der Waals surface area contributed by atoms with Gasteiger partial charge in [0, 0.05) is 16.2 Å². The number of rotatable bonds is 5. The highest BCUT2D eigenvalue weighted by molar-refractivity contribution is 6.01. The van der Waals surface area contributed by atoms with E-state index < -0.39 is 17.3 Å². The largest absolute Gasteiger partial charge is 0.374 e. The normalized spacial score (nSPS) is 9.19. The summed E-state index contributed by atoms with van der Waals surface area (Å²) in [5.74, 6) is 1.83. The van der Waals surface area contributed by atoms with Crippen molar-refractivity contribution >= 4 is 11.5 Å². The average Bonchev–Trinajstić information content (AvgIpc) is 2.25. The second-order valence-corrected chi connectivity index (χ2v) is 3.02. The second-order valence-electron chi connectivity index (χ2n) is 3.02. The molecular weight excluding hydrogens is 208 g/mol. The molecule has 1 N–H and O–H groups in total. The van der Waals surface area contributed by atoms with Crippen molar-refractivity contribution < 1.29 is 9.72 Å². The number of carbonyl (C=O) groups excluding carboxylic acids is 1. The van der Waals surface area contributed by atoms with Crippen molar-refractivity contribution in [3.63, 3.8) is 0 Å². The third-order valence-corrected chi connectivity index (χ3v) is 1.88. The molecule has 0 aliphatic heterocycles. The Balaban J connectivity index is 2.90. The van der Waals surface area contributed by atoms with Crippen LogP contribution in [0.15, 0.2) is 24.3 Å². The van der Waals surface area contributed by atoms with Gasteiger partial charge >= 0.3 is 0 Å². The number of hydrogen-bond acceptors (Lipinski definition) is 4. The van der Waals surface area contributed by atoms with E-state index in [1.54, 1.807) is 18.2 Å². The monoisotopic (exact) mass is 218 g/mol. The summed E-state index contributed by atoms with van der Waals surface area (Å²) in [6.45, 7) is -0.447. The molecule has 16 heavy (non-hydrogen) atoms. The summed E-state index contributed by atoms with van der Waals surface area (Å²) in [7, 11) is 0. The molecule has 82 valence electrons. The molecule has 5 heteroatoms. The maximum absolute atomic E-state index is 11.5. The lowest BCUT2D eigenvalue weighted by Crippen LogP contribution is -2.15. The first-order valence-electron chi connectivity index (χ1n) is 4.56. The minimum Gasteiger partial charge on any atom is -0.374 e. The number of benzene rings is 1.